The van der Waals surface area contributed by atoms with Gasteiger partial charge in [-0.3, -0.25) is 10.1 Å². The van der Waals surface area contributed by atoms with Crippen molar-refractivity contribution in [3.05, 3.63) is 32.3 Å². The molecule has 0 heterocycles. The minimum Gasteiger partial charge on any atom is -0.490 e. The maximum Gasteiger partial charge on any atom is 0.418 e. The van der Waals surface area contributed by atoms with Crippen LogP contribution < -0.4 is 4.74 Å². The molecule has 0 fully saturated rings. The molecule has 0 saturated heterocycles. The summed E-state index contributed by atoms with van der Waals surface area (Å²) in [6.45, 7) is 0. The van der Waals surface area contributed by atoms with Gasteiger partial charge in [-0.1, -0.05) is 15.9 Å². The number of methoxy groups -OCH3 is 1. The number of hydrogen-bond donors (Lipinski definition) is 1. The van der Waals surface area contributed by atoms with E-state index in [9.17, 15) is 23.3 Å². The fourth-order valence-corrected chi connectivity index (χ4v) is 1.80. The molecule has 0 aliphatic rings. The van der Waals surface area contributed by atoms with Crippen LogP contribution in [-0.2, 0) is 0 Å². The Morgan fingerprint density at radius 2 is 2.06 bits per heavy atom. The molecule has 0 spiro atoms. The van der Waals surface area contributed by atoms with Gasteiger partial charge in [0.25, 0.3) is 0 Å². The molecule has 1 N–H and O–H groups in total. The highest BCUT2D eigenvalue weighted by Gasteiger charge is 2.42. The van der Waals surface area contributed by atoms with Gasteiger partial charge < -0.3 is 9.84 Å². The zero-order valence-electron chi connectivity index (χ0n) is 8.86. The molecule has 0 radical (unpaired) electrons. The smallest absolute Gasteiger partial charge is 0.418 e. The van der Waals surface area contributed by atoms with Crippen molar-refractivity contribution in [1.29, 1.82) is 0 Å². The molecule has 0 aliphatic heterocycles. The van der Waals surface area contributed by atoms with Crippen LogP contribution in [0.5, 0.6) is 5.75 Å². The Morgan fingerprint density at radius 1 is 1.50 bits per heavy atom. The van der Waals surface area contributed by atoms with Crippen LogP contribution in [0.4, 0.5) is 18.9 Å². The first-order valence-corrected chi connectivity index (χ1v) is 5.24. The number of nitro benzene ring substituents is 1. The van der Waals surface area contributed by atoms with Crippen molar-refractivity contribution in [2.24, 2.45) is 0 Å². The van der Waals surface area contributed by atoms with Crippen LogP contribution in [0.3, 0.4) is 0 Å². The van der Waals surface area contributed by atoms with Gasteiger partial charge in [0.15, 0.2) is 6.10 Å². The van der Waals surface area contributed by atoms with Gasteiger partial charge in [-0.05, 0) is 6.07 Å². The fraction of sp³-hybridized carbons (Fsp3) is 0.333. The Hall–Kier alpha value is -1.35. The van der Waals surface area contributed by atoms with Crippen LogP contribution in [0, 0.1) is 10.1 Å². The van der Waals surface area contributed by atoms with Gasteiger partial charge >= 0.3 is 11.9 Å². The maximum atomic E-state index is 12.4. The largest absolute Gasteiger partial charge is 0.490 e. The lowest BCUT2D eigenvalue weighted by atomic mass is 10.1. The van der Waals surface area contributed by atoms with E-state index in [2.05, 4.69) is 20.7 Å². The number of nitrogens with zero attached hydrogens (tertiary/aromatic N) is 1. The van der Waals surface area contributed by atoms with E-state index in [0.29, 0.717) is 0 Å². The summed E-state index contributed by atoms with van der Waals surface area (Å²) < 4.78 is 41.9. The Kier molecular flexibility index (Phi) is 4.17. The number of aliphatic hydroxyl groups is 1. The Balaban J connectivity index is 3.48. The number of benzene rings is 1. The molecule has 1 unspecified atom stereocenters. The van der Waals surface area contributed by atoms with E-state index >= 15 is 0 Å². The molecule has 0 aliphatic carbocycles. The third-order valence-electron chi connectivity index (χ3n) is 2.07. The highest BCUT2D eigenvalue weighted by molar-refractivity contribution is 9.10. The van der Waals surface area contributed by atoms with Gasteiger partial charge in [0.2, 0.25) is 5.75 Å². The van der Waals surface area contributed by atoms with Gasteiger partial charge in [0.1, 0.15) is 0 Å². The maximum absolute atomic E-state index is 12.4. The van der Waals surface area contributed by atoms with Gasteiger partial charge in [-0.2, -0.15) is 13.2 Å². The third kappa shape index (κ3) is 2.91. The van der Waals surface area contributed by atoms with Gasteiger partial charge in [0, 0.05) is 16.1 Å². The van der Waals surface area contributed by atoms with E-state index in [4.69, 9.17) is 5.11 Å². The van der Waals surface area contributed by atoms with E-state index < -0.39 is 34.2 Å². The van der Waals surface area contributed by atoms with E-state index in [0.717, 1.165) is 19.2 Å². The number of alkyl halides is 3. The number of halogens is 4. The molecule has 1 atom stereocenters. The van der Waals surface area contributed by atoms with E-state index in [1.165, 1.54) is 0 Å². The highest BCUT2D eigenvalue weighted by atomic mass is 79.9. The second-order valence-electron chi connectivity index (χ2n) is 3.25. The second-order valence-corrected chi connectivity index (χ2v) is 4.16. The quantitative estimate of drug-likeness (QED) is 0.683. The molecule has 0 amide bonds. The lowest BCUT2D eigenvalue weighted by Gasteiger charge is -2.17. The van der Waals surface area contributed by atoms with Crippen molar-refractivity contribution in [2.45, 2.75) is 12.3 Å². The van der Waals surface area contributed by atoms with Crippen molar-refractivity contribution in [3.8, 4) is 5.75 Å². The number of aliphatic hydroxyl groups excluding tert-OH is 1. The van der Waals surface area contributed by atoms with Crippen LogP contribution in [0.2, 0.25) is 0 Å². The summed E-state index contributed by atoms with van der Waals surface area (Å²) in [4.78, 5) is 9.81. The standard InChI is InChI=1S/C9H7BrF3NO4/c1-18-7-5(8(15)9(11,12)13)2-4(10)3-6(7)14(16)17/h2-3,8,15H,1H3. The first-order chi connectivity index (χ1) is 8.18. The number of ether oxygens (including phenoxy) is 1. The predicted molar refractivity (Wildman–Crippen MR) is 58.4 cm³/mol. The number of nitro groups is 1. The van der Waals surface area contributed by atoms with Crippen molar-refractivity contribution in [2.75, 3.05) is 7.11 Å². The molecular weight excluding hydrogens is 323 g/mol. The van der Waals surface area contributed by atoms with Gasteiger partial charge in [-0.25, -0.2) is 0 Å². The average Bonchev–Trinajstić information content (AvgIpc) is 2.25. The van der Waals surface area contributed by atoms with Crippen LogP contribution in [0.1, 0.15) is 11.7 Å². The third-order valence-corrected chi connectivity index (χ3v) is 2.53. The van der Waals surface area contributed by atoms with Crippen LogP contribution in [0.25, 0.3) is 0 Å². The van der Waals surface area contributed by atoms with Crippen molar-refractivity contribution in [1.82, 2.24) is 0 Å². The molecule has 18 heavy (non-hydrogen) atoms. The molecule has 0 bridgehead atoms. The molecule has 9 heteroatoms. The van der Waals surface area contributed by atoms with Crippen molar-refractivity contribution >= 4 is 21.6 Å². The SMILES string of the molecule is COc1c(C(O)C(F)(F)F)cc(Br)cc1[N+](=O)[O-]. The highest BCUT2D eigenvalue weighted by Crippen LogP contribution is 2.42. The van der Waals surface area contributed by atoms with Crippen molar-refractivity contribution < 1.29 is 27.9 Å². The van der Waals surface area contributed by atoms with E-state index in [1.54, 1.807) is 0 Å². The minimum atomic E-state index is -4.94. The Morgan fingerprint density at radius 3 is 2.44 bits per heavy atom. The van der Waals surface area contributed by atoms with E-state index in [1.807, 2.05) is 0 Å². The molecule has 0 saturated carbocycles. The fourth-order valence-electron chi connectivity index (χ4n) is 1.34. The minimum absolute atomic E-state index is 0.0355. The summed E-state index contributed by atoms with van der Waals surface area (Å²) in [6.07, 6.45) is -7.80. The predicted octanol–water partition coefficient (Wildman–Crippen LogP) is 2.96. The van der Waals surface area contributed by atoms with Crippen LogP contribution in [0.15, 0.2) is 16.6 Å². The summed E-state index contributed by atoms with van der Waals surface area (Å²) in [5.74, 6) is -0.618. The zero-order valence-corrected chi connectivity index (χ0v) is 10.4. The van der Waals surface area contributed by atoms with Crippen LogP contribution in [-0.4, -0.2) is 23.3 Å². The number of hydrogen-bond acceptors (Lipinski definition) is 4. The summed E-state index contributed by atoms with van der Waals surface area (Å²) in [6, 6.07) is 1.91. The first-order valence-electron chi connectivity index (χ1n) is 4.45. The van der Waals surface area contributed by atoms with E-state index in [-0.39, 0.29) is 4.47 Å². The molecule has 1 aromatic carbocycles. The number of rotatable bonds is 3. The lowest BCUT2D eigenvalue weighted by Crippen LogP contribution is -2.21. The van der Waals surface area contributed by atoms with Crippen molar-refractivity contribution in [3.63, 3.8) is 0 Å². The summed E-state index contributed by atoms with van der Waals surface area (Å²) >= 11 is 2.84. The topological polar surface area (TPSA) is 72.6 Å². The lowest BCUT2D eigenvalue weighted by molar-refractivity contribution is -0.386. The molecular formula is C9H7BrF3NO4. The van der Waals surface area contributed by atoms with Crippen LogP contribution >= 0.6 is 15.9 Å². The molecule has 5 nitrogen and oxygen atoms in total. The molecule has 1 rings (SSSR count). The normalized spacial score (nSPS) is 13.2. The Bertz CT molecular complexity index is 478. The second kappa shape index (κ2) is 5.11. The molecule has 1 aromatic rings. The first kappa shape index (κ1) is 14.7. The monoisotopic (exact) mass is 329 g/mol. The molecule has 0 aromatic heterocycles. The molecule has 100 valence electrons. The van der Waals surface area contributed by atoms with Gasteiger partial charge in [0.05, 0.1) is 12.0 Å². The zero-order chi connectivity index (χ0) is 14.1. The summed E-state index contributed by atoms with van der Waals surface area (Å²) in [7, 11) is 0.989. The summed E-state index contributed by atoms with van der Waals surface area (Å²) in [5.41, 5.74) is -1.38. The Labute approximate surface area is 107 Å². The average molecular weight is 330 g/mol. The van der Waals surface area contributed by atoms with Gasteiger partial charge in [-0.15, -0.1) is 0 Å². The summed E-state index contributed by atoms with van der Waals surface area (Å²) in [5, 5.41) is 19.9.